The Labute approximate surface area is 131 Å². The minimum absolute atomic E-state index is 0.0735. The zero-order valence-corrected chi connectivity index (χ0v) is 12.9. The summed E-state index contributed by atoms with van der Waals surface area (Å²) in [7, 11) is 0. The highest BCUT2D eigenvalue weighted by Gasteiger charge is 2.12. The first-order chi connectivity index (χ1) is 10.7. The number of carbonyl (C=O) groups excluding carboxylic acids is 1. The molecule has 0 heterocycles. The van der Waals surface area contributed by atoms with Crippen molar-refractivity contribution in [2.75, 3.05) is 6.61 Å². The average Bonchev–Trinajstić information content (AvgIpc) is 2.54. The molecule has 2 aromatic rings. The smallest absolute Gasteiger partial charge is 0.122 e. The van der Waals surface area contributed by atoms with Crippen molar-refractivity contribution in [1.29, 1.82) is 0 Å². The second-order valence-corrected chi connectivity index (χ2v) is 5.41. The molecule has 22 heavy (non-hydrogen) atoms. The molecule has 2 aromatic carbocycles. The molecule has 0 fully saturated rings. The molecule has 1 N–H and O–H groups in total. The average molecular weight is 298 g/mol. The highest BCUT2D eigenvalue weighted by molar-refractivity contribution is 5.52. The Bertz CT molecular complexity index is 593. The summed E-state index contributed by atoms with van der Waals surface area (Å²) in [5.41, 5.74) is 3.25. The van der Waals surface area contributed by atoms with Crippen LogP contribution in [0.2, 0.25) is 0 Å². The molecular weight excluding hydrogens is 276 g/mol. The van der Waals surface area contributed by atoms with Crippen molar-refractivity contribution in [1.82, 2.24) is 0 Å². The van der Waals surface area contributed by atoms with Gasteiger partial charge < -0.3 is 14.6 Å². The third-order valence-corrected chi connectivity index (χ3v) is 3.77. The van der Waals surface area contributed by atoms with E-state index in [0.717, 1.165) is 28.7 Å². The maximum atomic E-state index is 10.8. The van der Waals surface area contributed by atoms with Gasteiger partial charge in [0, 0.05) is 13.0 Å². The molecule has 3 nitrogen and oxygen atoms in total. The fourth-order valence-electron chi connectivity index (χ4n) is 2.52. The first-order valence-electron chi connectivity index (χ1n) is 7.56. The molecule has 0 aliphatic carbocycles. The fraction of sp³-hybridized carbons (Fsp3) is 0.316. The highest BCUT2D eigenvalue weighted by atomic mass is 16.5. The van der Waals surface area contributed by atoms with E-state index in [1.54, 1.807) is 0 Å². The van der Waals surface area contributed by atoms with Crippen molar-refractivity contribution in [3.05, 3.63) is 65.2 Å². The quantitative estimate of drug-likeness (QED) is 0.757. The summed E-state index contributed by atoms with van der Waals surface area (Å²) in [6, 6.07) is 16.0. The van der Waals surface area contributed by atoms with Gasteiger partial charge in [-0.25, -0.2) is 0 Å². The first-order valence-corrected chi connectivity index (χ1v) is 7.56. The van der Waals surface area contributed by atoms with Gasteiger partial charge in [-0.3, -0.25) is 0 Å². The predicted octanol–water partition coefficient (Wildman–Crippen LogP) is 3.63. The van der Waals surface area contributed by atoms with Gasteiger partial charge in [0.05, 0.1) is 0 Å². The Morgan fingerprint density at radius 1 is 1.18 bits per heavy atom. The zero-order valence-electron chi connectivity index (χ0n) is 12.9. The van der Waals surface area contributed by atoms with Crippen LogP contribution >= 0.6 is 0 Å². The molecule has 116 valence electrons. The molecule has 0 unspecified atom stereocenters. The lowest BCUT2D eigenvalue weighted by Crippen LogP contribution is -2.04. The van der Waals surface area contributed by atoms with Crippen molar-refractivity contribution >= 4 is 6.29 Å². The third-order valence-electron chi connectivity index (χ3n) is 3.77. The number of aliphatic hydroxyl groups is 1. The lowest BCUT2D eigenvalue weighted by atomic mass is 9.92. The van der Waals surface area contributed by atoms with Crippen LogP contribution in [0.5, 0.6) is 5.75 Å². The van der Waals surface area contributed by atoms with Crippen molar-refractivity contribution in [2.45, 2.75) is 32.3 Å². The van der Waals surface area contributed by atoms with Crippen molar-refractivity contribution < 1.29 is 14.6 Å². The van der Waals surface area contributed by atoms with Crippen LogP contribution in [-0.4, -0.2) is 18.0 Å². The highest BCUT2D eigenvalue weighted by Crippen LogP contribution is 2.28. The van der Waals surface area contributed by atoms with Gasteiger partial charge in [0.15, 0.2) is 0 Å². The van der Waals surface area contributed by atoms with Crippen LogP contribution in [0.4, 0.5) is 0 Å². The van der Waals surface area contributed by atoms with E-state index in [9.17, 15) is 4.79 Å². The van der Waals surface area contributed by atoms with Gasteiger partial charge in [0.1, 0.15) is 18.6 Å². The van der Waals surface area contributed by atoms with Gasteiger partial charge in [0.2, 0.25) is 0 Å². The topological polar surface area (TPSA) is 46.5 Å². The predicted molar refractivity (Wildman–Crippen MR) is 87.1 cm³/mol. The van der Waals surface area contributed by atoms with Crippen LogP contribution in [-0.2, 0) is 11.4 Å². The fourth-order valence-corrected chi connectivity index (χ4v) is 2.52. The largest absolute Gasteiger partial charge is 0.489 e. The minimum atomic E-state index is 0.0735. The second-order valence-electron chi connectivity index (χ2n) is 5.41. The third kappa shape index (κ3) is 4.43. The number of carbonyl (C=O) groups is 1. The summed E-state index contributed by atoms with van der Waals surface area (Å²) in [5, 5.41) is 9.12. The molecule has 0 bridgehead atoms. The Kier molecular flexibility index (Phi) is 6.16. The lowest BCUT2D eigenvalue weighted by Gasteiger charge is -2.16. The van der Waals surface area contributed by atoms with E-state index in [-0.39, 0.29) is 12.5 Å². The molecule has 0 amide bonds. The van der Waals surface area contributed by atoms with Gasteiger partial charge in [-0.2, -0.15) is 0 Å². The van der Waals surface area contributed by atoms with Crippen LogP contribution in [0.3, 0.4) is 0 Å². The molecule has 0 saturated carbocycles. The standard InChI is InChI=1S/C19H22O3/c1-15-13-18(17(9-11-20)10-12-21)7-8-19(15)22-14-16-5-3-2-4-6-16/h2-8,11,13,17,21H,9-10,12,14H2,1H3/t17-/m0/s1. The normalized spacial score (nSPS) is 11.9. The van der Waals surface area contributed by atoms with Crippen LogP contribution in [0.15, 0.2) is 48.5 Å². The van der Waals surface area contributed by atoms with Gasteiger partial charge in [0.25, 0.3) is 0 Å². The summed E-state index contributed by atoms with van der Waals surface area (Å²) in [6.45, 7) is 2.62. The minimum Gasteiger partial charge on any atom is -0.489 e. The number of hydrogen-bond donors (Lipinski definition) is 1. The Hall–Kier alpha value is -2.13. The van der Waals surface area contributed by atoms with Gasteiger partial charge >= 0.3 is 0 Å². The second kappa shape index (κ2) is 8.35. The van der Waals surface area contributed by atoms with Gasteiger partial charge in [-0.15, -0.1) is 0 Å². The number of ether oxygens (including phenoxy) is 1. The van der Waals surface area contributed by atoms with E-state index in [0.29, 0.717) is 19.4 Å². The molecule has 2 rings (SSSR count). The molecule has 0 spiro atoms. The molecule has 0 radical (unpaired) electrons. The maximum absolute atomic E-state index is 10.8. The van der Waals surface area contributed by atoms with E-state index >= 15 is 0 Å². The van der Waals surface area contributed by atoms with Crippen LogP contribution in [0.25, 0.3) is 0 Å². The van der Waals surface area contributed by atoms with Crippen molar-refractivity contribution in [3.63, 3.8) is 0 Å². The molecular formula is C19H22O3. The van der Waals surface area contributed by atoms with Crippen LogP contribution < -0.4 is 4.74 Å². The Morgan fingerprint density at radius 3 is 2.59 bits per heavy atom. The van der Waals surface area contributed by atoms with E-state index < -0.39 is 0 Å². The number of benzene rings is 2. The van der Waals surface area contributed by atoms with Crippen molar-refractivity contribution in [2.24, 2.45) is 0 Å². The number of rotatable bonds is 8. The van der Waals surface area contributed by atoms with Crippen molar-refractivity contribution in [3.8, 4) is 5.75 Å². The monoisotopic (exact) mass is 298 g/mol. The number of aldehydes is 1. The summed E-state index contributed by atoms with van der Waals surface area (Å²) in [6.07, 6.45) is 1.95. The SMILES string of the molecule is Cc1cc([C@@H](CC=O)CCO)ccc1OCc1ccccc1. The molecule has 0 aliphatic heterocycles. The molecule has 3 heteroatoms. The number of aryl methyl sites for hydroxylation is 1. The summed E-state index contributed by atoms with van der Waals surface area (Å²) in [4.78, 5) is 10.8. The number of hydrogen-bond acceptors (Lipinski definition) is 3. The summed E-state index contributed by atoms with van der Waals surface area (Å²) in [5.74, 6) is 0.922. The number of aliphatic hydroxyl groups excluding tert-OH is 1. The molecule has 0 aromatic heterocycles. The Morgan fingerprint density at radius 2 is 1.95 bits per heavy atom. The van der Waals surface area contributed by atoms with Gasteiger partial charge in [-0.1, -0.05) is 42.5 Å². The molecule has 0 saturated heterocycles. The molecule has 0 aliphatic rings. The molecule has 1 atom stereocenters. The van der Waals surface area contributed by atoms with E-state index in [1.165, 1.54) is 0 Å². The van der Waals surface area contributed by atoms with Crippen LogP contribution in [0, 0.1) is 6.92 Å². The van der Waals surface area contributed by atoms with E-state index in [2.05, 4.69) is 0 Å². The Balaban J connectivity index is 2.06. The maximum Gasteiger partial charge on any atom is 0.122 e. The van der Waals surface area contributed by atoms with Crippen LogP contribution in [0.1, 0.15) is 35.4 Å². The first kappa shape index (κ1) is 16.2. The van der Waals surface area contributed by atoms with E-state index in [1.807, 2.05) is 55.5 Å². The van der Waals surface area contributed by atoms with Gasteiger partial charge in [-0.05, 0) is 42.0 Å². The van der Waals surface area contributed by atoms with E-state index in [4.69, 9.17) is 9.84 Å². The summed E-state index contributed by atoms with van der Waals surface area (Å²) < 4.78 is 5.86. The zero-order chi connectivity index (χ0) is 15.8. The lowest BCUT2D eigenvalue weighted by molar-refractivity contribution is -0.108. The summed E-state index contributed by atoms with van der Waals surface area (Å²) >= 11 is 0.